The third-order valence-corrected chi connectivity index (χ3v) is 5.08. The molecule has 2 N–H and O–H groups in total. The number of ether oxygens (including phenoxy) is 2. The third kappa shape index (κ3) is 3.48. The molecule has 1 aliphatic heterocycles. The summed E-state index contributed by atoms with van der Waals surface area (Å²) < 4.78 is 10.9. The molecule has 2 amide bonds. The summed E-state index contributed by atoms with van der Waals surface area (Å²) in [5.74, 6) is 0.244. The highest BCUT2D eigenvalue weighted by Gasteiger charge is 2.35. The second kappa shape index (κ2) is 8.29. The van der Waals surface area contributed by atoms with E-state index in [1.54, 1.807) is 14.0 Å². The average molecular weight is 402 g/mol. The Kier molecular flexibility index (Phi) is 5.39. The van der Waals surface area contributed by atoms with E-state index in [4.69, 9.17) is 9.47 Å². The fraction of sp³-hybridized carbons (Fsp3) is 0.167. The standard InChI is InChI=1S/C24H22N2O4/c1-3-30-23(27)20-21(15-9-5-4-6-10-15)25-24(28)26-22(20)18-13-14-19(29-2)17-12-8-7-11-16(17)18/h4-14,22H,3H2,1-2H3,(H2,25,26,28)/t22-/m1/s1. The van der Waals surface area contributed by atoms with Crippen molar-refractivity contribution in [2.24, 2.45) is 0 Å². The highest BCUT2D eigenvalue weighted by molar-refractivity contribution is 6.06. The fourth-order valence-electron chi connectivity index (χ4n) is 3.78. The predicted molar refractivity (Wildman–Crippen MR) is 115 cm³/mol. The van der Waals surface area contributed by atoms with Crippen LogP contribution in [0.2, 0.25) is 0 Å². The molecule has 1 atom stereocenters. The van der Waals surface area contributed by atoms with Crippen LogP contribution in [0.4, 0.5) is 4.79 Å². The Morgan fingerprint density at radius 3 is 2.37 bits per heavy atom. The molecule has 0 aromatic heterocycles. The van der Waals surface area contributed by atoms with Crippen LogP contribution in [-0.4, -0.2) is 25.7 Å². The number of methoxy groups -OCH3 is 1. The molecule has 4 rings (SSSR count). The Balaban J connectivity index is 1.97. The van der Waals surface area contributed by atoms with Crippen LogP contribution in [0.3, 0.4) is 0 Å². The molecule has 0 radical (unpaired) electrons. The van der Waals surface area contributed by atoms with Gasteiger partial charge < -0.3 is 20.1 Å². The van der Waals surface area contributed by atoms with Gasteiger partial charge in [-0.15, -0.1) is 0 Å². The highest BCUT2D eigenvalue weighted by atomic mass is 16.5. The lowest BCUT2D eigenvalue weighted by Gasteiger charge is -2.30. The van der Waals surface area contributed by atoms with E-state index in [1.807, 2.05) is 66.7 Å². The Labute approximate surface area is 174 Å². The number of carbonyl (C=O) groups is 2. The predicted octanol–water partition coefficient (Wildman–Crippen LogP) is 4.18. The van der Waals surface area contributed by atoms with Gasteiger partial charge in [0.1, 0.15) is 5.75 Å². The van der Waals surface area contributed by atoms with E-state index < -0.39 is 12.0 Å². The molecule has 0 saturated carbocycles. The van der Waals surface area contributed by atoms with Crippen LogP contribution < -0.4 is 15.4 Å². The molecular weight excluding hydrogens is 380 g/mol. The van der Waals surface area contributed by atoms with E-state index in [0.717, 1.165) is 27.6 Å². The maximum atomic E-state index is 13.0. The van der Waals surface area contributed by atoms with Crippen molar-refractivity contribution in [3.05, 3.63) is 83.4 Å². The van der Waals surface area contributed by atoms with Gasteiger partial charge >= 0.3 is 12.0 Å². The van der Waals surface area contributed by atoms with Crippen molar-refractivity contribution in [2.75, 3.05) is 13.7 Å². The van der Waals surface area contributed by atoms with Gasteiger partial charge in [-0.3, -0.25) is 0 Å². The number of carbonyl (C=O) groups excluding carboxylic acids is 2. The fourth-order valence-corrected chi connectivity index (χ4v) is 3.78. The molecule has 1 heterocycles. The van der Waals surface area contributed by atoms with E-state index >= 15 is 0 Å². The molecule has 30 heavy (non-hydrogen) atoms. The summed E-state index contributed by atoms with van der Waals surface area (Å²) >= 11 is 0. The van der Waals surface area contributed by atoms with Gasteiger partial charge in [0, 0.05) is 5.39 Å². The molecule has 0 aliphatic carbocycles. The van der Waals surface area contributed by atoms with Gasteiger partial charge in [0.05, 0.1) is 31.0 Å². The largest absolute Gasteiger partial charge is 0.496 e. The number of hydrogen-bond donors (Lipinski definition) is 2. The van der Waals surface area contributed by atoms with Crippen molar-refractivity contribution in [3.8, 4) is 5.75 Å². The minimum atomic E-state index is -0.677. The van der Waals surface area contributed by atoms with Gasteiger partial charge in [-0.05, 0) is 29.5 Å². The van der Waals surface area contributed by atoms with Crippen LogP contribution in [0.1, 0.15) is 24.1 Å². The van der Waals surface area contributed by atoms with Crippen molar-refractivity contribution < 1.29 is 19.1 Å². The van der Waals surface area contributed by atoms with Crippen LogP contribution in [0, 0.1) is 0 Å². The molecule has 0 unspecified atom stereocenters. The van der Waals surface area contributed by atoms with E-state index in [9.17, 15) is 9.59 Å². The molecule has 1 aliphatic rings. The maximum Gasteiger partial charge on any atom is 0.338 e. The lowest BCUT2D eigenvalue weighted by Crippen LogP contribution is -2.45. The number of amides is 2. The normalized spacial score (nSPS) is 16.1. The van der Waals surface area contributed by atoms with Gasteiger partial charge in [-0.1, -0.05) is 60.7 Å². The monoisotopic (exact) mass is 402 g/mol. The van der Waals surface area contributed by atoms with Crippen molar-refractivity contribution in [1.29, 1.82) is 0 Å². The zero-order valence-corrected chi connectivity index (χ0v) is 16.8. The van der Waals surface area contributed by atoms with Gasteiger partial charge in [0.15, 0.2) is 0 Å². The summed E-state index contributed by atoms with van der Waals surface area (Å²) in [6.45, 7) is 1.99. The molecule has 0 bridgehead atoms. The van der Waals surface area contributed by atoms with Gasteiger partial charge in [0.25, 0.3) is 0 Å². The van der Waals surface area contributed by atoms with Crippen molar-refractivity contribution in [1.82, 2.24) is 10.6 Å². The molecule has 152 valence electrons. The van der Waals surface area contributed by atoms with Crippen LogP contribution in [0.25, 0.3) is 16.5 Å². The molecule has 6 nitrogen and oxygen atoms in total. The van der Waals surface area contributed by atoms with Crippen LogP contribution >= 0.6 is 0 Å². The van der Waals surface area contributed by atoms with Crippen LogP contribution in [0.15, 0.2) is 72.3 Å². The van der Waals surface area contributed by atoms with Gasteiger partial charge in [-0.25, -0.2) is 9.59 Å². The van der Waals surface area contributed by atoms with E-state index in [1.165, 1.54) is 0 Å². The quantitative estimate of drug-likeness (QED) is 0.628. The number of nitrogens with one attached hydrogen (secondary N) is 2. The Morgan fingerprint density at radius 1 is 0.967 bits per heavy atom. The number of fused-ring (bicyclic) bond motifs is 1. The summed E-state index contributed by atoms with van der Waals surface area (Å²) in [4.78, 5) is 25.6. The Bertz CT molecular complexity index is 1140. The second-order valence-electron chi connectivity index (χ2n) is 6.81. The minimum absolute atomic E-state index is 0.231. The van der Waals surface area contributed by atoms with Gasteiger partial charge in [-0.2, -0.15) is 0 Å². The van der Waals surface area contributed by atoms with E-state index in [-0.39, 0.29) is 12.6 Å². The SMILES string of the molecule is CCOC(=O)C1=C(c2ccccc2)NC(=O)N[C@@H]1c1ccc(OC)c2ccccc12. The van der Waals surface area contributed by atoms with Crippen molar-refractivity contribution in [2.45, 2.75) is 13.0 Å². The molecule has 0 saturated heterocycles. The van der Waals surface area contributed by atoms with Crippen LogP contribution in [0.5, 0.6) is 5.75 Å². The lowest BCUT2D eigenvalue weighted by atomic mass is 9.89. The molecule has 0 spiro atoms. The van der Waals surface area contributed by atoms with Crippen molar-refractivity contribution >= 4 is 28.5 Å². The maximum absolute atomic E-state index is 13.0. The number of benzene rings is 3. The first kappa shape index (κ1) is 19.5. The van der Waals surface area contributed by atoms with Gasteiger partial charge in [0.2, 0.25) is 0 Å². The first-order chi connectivity index (χ1) is 14.6. The molecule has 3 aromatic rings. The van der Waals surface area contributed by atoms with Crippen molar-refractivity contribution in [3.63, 3.8) is 0 Å². The number of rotatable bonds is 5. The molecular formula is C24H22N2O4. The summed E-state index contributed by atoms with van der Waals surface area (Å²) in [5, 5.41) is 7.48. The van der Waals surface area contributed by atoms with Crippen LogP contribution in [-0.2, 0) is 9.53 Å². The number of urea groups is 1. The first-order valence-corrected chi connectivity index (χ1v) is 9.74. The van der Waals surface area contributed by atoms with E-state index in [2.05, 4.69) is 10.6 Å². The summed E-state index contributed by atoms with van der Waals surface area (Å²) in [7, 11) is 1.62. The molecule has 6 heteroatoms. The molecule has 3 aromatic carbocycles. The average Bonchev–Trinajstić information content (AvgIpc) is 2.78. The third-order valence-electron chi connectivity index (χ3n) is 5.08. The summed E-state index contributed by atoms with van der Waals surface area (Å²) in [6.07, 6.45) is 0. The minimum Gasteiger partial charge on any atom is -0.496 e. The van der Waals surface area contributed by atoms with E-state index in [0.29, 0.717) is 11.3 Å². The second-order valence-corrected chi connectivity index (χ2v) is 6.81. The highest BCUT2D eigenvalue weighted by Crippen LogP contribution is 2.37. The zero-order valence-electron chi connectivity index (χ0n) is 16.8. The Hall–Kier alpha value is -3.80. The zero-order chi connectivity index (χ0) is 21.1. The smallest absolute Gasteiger partial charge is 0.338 e. The Morgan fingerprint density at radius 2 is 1.67 bits per heavy atom. The number of esters is 1. The summed E-state index contributed by atoms with van der Waals surface area (Å²) in [6, 6.07) is 19.7. The summed E-state index contributed by atoms with van der Waals surface area (Å²) in [5.41, 5.74) is 2.33. The lowest BCUT2D eigenvalue weighted by molar-refractivity contribution is -0.138. The number of hydrogen-bond acceptors (Lipinski definition) is 4. The first-order valence-electron chi connectivity index (χ1n) is 9.74. The molecule has 0 fully saturated rings. The topological polar surface area (TPSA) is 76.7 Å².